The second kappa shape index (κ2) is 9.38. The highest BCUT2D eigenvalue weighted by molar-refractivity contribution is 7.89. The molecule has 1 aromatic carbocycles. The third-order valence-electron chi connectivity index (χ3n) is 4.19. The summed E-state index contributed by atoms with van der Waals surface area (Å²) in [6, 6.07) is 4.22. The van der Waals surface area contributed by atoms with Crippen molar-refractivity contribution in [1.29, 1.82) is 0 Å². The van der Waals surface area contributed by atoms with E-state index in [9.17, 15) is 13.2 Å². The minimum Gasteiger partial charge on any atom is -0.496 e. The number of hydrogen-bond donors (Lipinski definition) is 1. The molecule has 25 heavy (non-hydrogen) atoms. The summed E-state index contributed by atoms with van der Waals surface area (Å²) in [6.07, 6.45) is 1.85. The van der Waals surface area contributed by atoms with E-state index in [-0.39, 0.29) is 28.6 Å². The summed E-state index contributed by atoms with van der Waals surface area (Å²) in [5.41, 5.74) is 0.200. The third-order valence-corrected chi connectivity index (χ3v) is 6.05. The molecule has 1 saturated heterocycles. The van der Waals surface area contributed by atoms with Crippen molar-refractivity contribution in [3.8, 4) is 5.75 Å². The quantitative estimate of drug-likeness (QED) is 0.739. The molecule has 7 nitrogen and oxygen atoms in total. The number of methoxy groups -OCH3 is 2. The Kier molecular flexibility index (Phi) is 8.14. The van der Waals surface area contributed by atoms with E-state index >= 15 is 0 Å². The summed E-state index contributed by atoms with van der Waals surface area (Å²) in [5.74, 6) is -0.0793. The molecule has 1 aliphatic heterocycles. The molecular weight excluding hydrogens is 368 g/mol. The number of nitrogens with zero attached hydrogens (tertiary/aromatic N) is 1. The Morgan fingerprint density at radius 3 is 2.68 bits per heavy atom. The highest BCUT2D eigenvalue weighted by atomic mass is 35.5. The molecule has 1 fully saturated rings. The van der Waals surface area contributed by atoms with Crippen LogP contribution in [0.25, 0.3) is 0 Å². The number of carbonyl (C=O) groups excluding carboxylic acids is 1. The Labute approximate surface area is 155 Å². The number of carbonyl (C=O) groups is 1. The lowest BCUT2D eigenvalue weighted by Gasteiger charge is -2.32. The van der Waals surface area contributed by atoms with Gasteiger partial charge in [0.05, 0.1) is 19.1 Å². The summed E-state index contributed by atoms with van der Waals surface area (Å²) in [7, 11) is 0.900. The highest BCUT2D eigenvalue weighted by Gasteiger charge is 2.31. The summed E-state index contributed by atoms with van der Waals surface area (Å²) in [6.45, 7) is 1.78. The predicted molar refractivity (Wildman–Crippen MR) is 97.0 cm³/mol. The Morgan fingerprint density at radius 2 is 2.08 bits per heavy atom. The number of halogens is 1. The van der Waals surface area contributed by atoms with Crippen molar-refractivity contribution in [1.82, 2.24) is 9.62 Å². The SMILES string of the molecule is CNCC1CCCN(S(=O)(=O)c2ccc(C(=O)OC)c(OC)c2)C1.Cl. The monoisotopic (exact) mass is 392 g/mol. The van der Waals surface area contributed by atoms with Gasteiger partial charge in [0.2, 0.25) is 10.0 Å². The highest BCUT2D eigenvalue weighted by Crippen LogP contribution is 2.28. The van der Waals surface area contributed by atoms with Crippen molar-refractivity contribution in [2.24, 2.45) is 5.92 Å². The van der Waals surface area contributed by atoms with E-state index in [0.717, 1.165) is 19.4 Å². The van der Waals surface area contributed by atoms with Gasteiger partial charge in [0.1, 0.15) is 11.3 Å². The molecule has 1 N–H and O–H groups in total. The Bertz CT molecular complexity index is 694. The number of nitrogens with one attached hydrogen (secondary N) is 1. The van der Waals surface area contributed by atoms with Gasteiger partial charge in [-0.25, -0.2) is 13.2 Å². The van der Waals surface area contributed by atoms with Gasteiger partial charge in [0.15, 0.2) is 0 Å². The zero-order valence-electron chi connectivity index (χ0n) is 14.6. The molecule has 1 aromatic rings. The minimum atomic E-state index is -3.62. The first-order chi connectivity index (χ1) is 11.4. The van der Waals surface area contributed by atoms with Crippen LogP contribution >= 0.6 is 12.4 Å². The minimum absolute atomic E-state index is 0. The number of ether oxygens (including phenoxy) is 2. The zero-order valence-corrected chi connectivity index (χ0v) is 16.3. The van der Waals surface area contributed by atoms with Crippen LogP contribution in [0.2, 0.25) is 0 Å². The molecule has 0 saturated carbocycles. The van der Waals surface area contributed by atoms with E-state index in [4.69, 9.17) is 4.74 Å². The summed E-state index contributed by atoms with van der Waals surface area (Å²) in [4.78, 5) is 11.8. The molecule has 1 aliphatic rings. The molecule has 9 heteroatoms. The topological polar surface area (TPSA) is 84.9 Å². The van der Waals surface area contributed by atoms with E-state index in [0.29, 0.717) is 19.0 Å². The maximum atomic E-state index is 12.9. The zero-order chi connectivity index (χ0) is 17.7. The number of sulfonamides is 1. The average molecular weight is 393 g/mol. The molecule has 2 rings (SSSR count). The largest absolute Gasteiger partial charge is 0.496 e. The Balaban J connectivity index is 0.00000312. The van der Waals surface area contributed by atoms with E-state index < -0.39 is 16.0 Å². The molecule has 0 aromatic heterocycles. The van der Waals surface area contributed by atoms with Crippen molar-refractivity contribution in [2.45, 2.75) is 17.7 Å². The van der Waals surface area contributed by atoms with E-state index in [2.05, 4.69) is 10.1 Å². The van der Waals surface area contributed by atoms with Crippen LogP contribution in [0.5, 0.6) is 5.75 Å². The van der Waals surface area contributed by atoms with E-state index in [1.54, 1.807) is 0 Å². The normalized spacial score (nSPS) is 18.3. The predicted octanol–water partition coefficient (Wildman–Crippen LogP) is 1.52. The average Bonchev–Trinajstić information content (AvgIpc) is 2.61. The summed E-state index contributed by atoms with van der Waals surface area (Å²) in [5, 5.41) is 3.10. The van der Waals surface area contributed by atoms with Crippen LogP contribution < -0.4 is 10.1 Å². The first kappa shape index (κ1) is 21.7. The molecule has 0 amide bonds. The molecule has 1 heterocycles. The summed E-state index contributed by atoms with van der Waals surface area (Å²) < 4.78 is 37.1. The second-order valence-electron chi connectivity index (χ2n) is 5.78. The van der Waals surface area contributed by atoms with Crippen LogP contribution in [-0.4, -0.2) is 59.6 Å². The first-order valence-corrected chi connectivity index (χ1v) is 9.29. The lowest BCUT2D eigenvalue weighted by atomic mass is 10.00. The fourth-order valence-corrected chi connectivity index (χ4v) is 4.53. The molecule has 0 bridgehead atoms. The maximum absolute atomic E-state index is 12.9. The maximum Gasteiger partial charge on any atom is 0.341 e. The van der Waals surface area contributed by atoms with Crippen LogP contribution in [0.4, 0.5) is 0 Å². The first-order valence-electron chi connectivity index (χ1n) is 7.85. The van der Waals surface area contributed by atoms with Gasteiger partial charge in [0, 0.05) is 19.2 Å². The number of piperidine rings is 1. The third kappa shape index (κ3) is 4.84. The van der Waals surface area contributed by atoms with Crippen molar-refractivity contribution >= 4 is 28.4 Å². The van der Waals surface area contributed by atoms with Crippen LogP contribution in [0.3, 0.4) is 0 Å². The fourth-order valence-electron chi connectivity index (χ4n) is 2.96. The number of esters is 1. The van der Waals surface area contributed by atoms with Gasteiger partial charge < -0.3 is 14.8 Å². The van der Waals surface area contributed by atoms with E-state index in [1.807, 2.05) is 7.05 Å². The number of benzene rings is 1. The molecule has 1 atom stereocenters. The summed E-state index contributed by atoms with van der Waals surface area (Å²) >= 11 is 0. The van der Waals surface area contributed by atoms with Gasteiger partial charge in [-0.3, -0.25) is 0 Å². The van der Waals surface area contributed by atoms with Crippen LogP contribution in [-0.2, 0) is 14.8 Å². The van der Waals surface area contributed by atoms with Crippen molar-refractivity contribution in [3.63, 3.8) is 0 Å². The number of hydrogen-bond acceptors (Lipinski definition) is 6. The lowest BCUT2D eigenvalue weighted by molar-refractivity contribution is 0.0597. The standard InChI is InChI=1S/C16H24N2O5S.ClH/c1-17-10-12-5-4-8-18(11-12)24(20,21)13-6-7-14(16(19)23-3)15(9-13)22-2;/h6-7,9,12,17H,4-5,8,10-11H2,1-3H3;1H. The fraction of sp³-hybridized carbons (Fsp3) is 0.562. The second-order valence-corrected chi connectivity index (χ2v) is 7.72. The van der Waals surface area contributed by atoms with Gasteiger partial charge in [-0.05, 0) is 44.5 Å². The smallest absolute Gasteiger partial charge is 0.341 e. The van der Waals surface area contributed by atoms with Crippen molar-refractivity contribution < 1.29 is 22.7 Å². The Morgan fingerprint density at radius 1 is 1.36 bits per heavy atom. The van der Waals surface area contributed by atoms with Gasteiger partial charge in [0.25, 0.3) is 0 Å². The van der Waals surface area contributed by atoms with Crippen LogP contribution in [0, 0.1) is 5.92 Å². The molecule has 1 unspecified atom stereocenters. The Hall–Kier alpha value is -1.35. The van der Waals surface area contributed by atoms with Gasteiger partial charge >= 0.3 is 5.97 Å². The van der Waals surface area contributed by atoms with Gasteiger partial charge in [-0.15, -0.1) is 12.4 Å². The number of rotatable bonds is 6. The van der Waals surface area contributed by atoms with Gasteiger partial charge in [-0.2, -0.15) is 4.31 Å². The van der Waals surface area contributed by atoms with Crippen LogP contribution in [0.1, 0.15) is 23.2 Å². The lowest BCUT2D eigenvalue weighted by Crippen LogP contribution is -2.42. The molecular formula is C16H25ClN2O5S. The molecule has 0 radical (unpaired) electrons. The van der Waals surface area contributed by atoms with E-state index in [1.165, 1.54) is 36.7 Å². The molecule has 0 spiro atoms. The van der Waals surface area contributed by atoms with Crippen molar-refractivity contribution in [2.75, 3.05) is 40.9 Å². The van der Waals surface area contributed by atoms with Gasteiger partial charge in [-0.1, -0.05) is 0 Å². The van der Waals surface area contributed by atoms with Crippen LogP contribution in [0.15, 0.2) is 23.1 Å². The van der Waals surface area contributed by atoms with Crippen molar-refractivity contribution in [3.05, 3.63) is 23.8 Å². The molecule has 0 aliphatic carbocycles. The molecule has 142 valence electrons.